The molecule has 2 aromatic rings. The molecule has 27 heavy (non-hydrogen) atoms. The second kappa shape index (κ2) is 8.08. The van der Waals surface area contributed by atoms with Gasteiger partial charge in [0.25, 0.3) is 0 Å². The Hall–Kier alpha value is -2.42. The van der Waals surface area contributed by atoms with Crippen LogP contribution in [0.2, 0.25) is 0 Å². The summed E-state index contributed by atoms with van der Waals surface area (Å²) in [5.74, 6) is -0.250. The van der Waals surface area contributed by atoms with Gasteiger partial charge in [0.2, 0.25) is 0 Å². The smallest absolute Gasteiger partial charge is 0.169 e. The van der Waals surface area contributed by atoms with E-state index in [4.69, 9.17) is 4.74 Å². The predicted octanol–water partition coefficient (Wildman–Crippen LogP) is 7.10. The Morgan fingerprint density at radius 1 is 1.19 bits per heavy atom. The van der Waals surface area contributed by atoms with Crippen molar-refractivity contribution in [3.63, 3.8) is 0 Å². The first kappa shape index (κ1) is 19.3. The van der Waals surface area contributed by atoms with Crippen LogP contribution in [-0.2, 0) is 13.0 Å². The van der Waals surface area contributed by atoms with E-state index in [-0.39, 0.29) is 29.9 Å². The van der Waals surface area contributed by atoms with E-state index in [0.717, 1.165) is 24.0 Å². The van der Waals surface area contributed by atoms with Crippen molar-refractivity contribution in [1.29, 1.82) is 0 Å². The summed E-state index contributed by atoms with van der Waals surface area (Å²) in [6, 6.07) is 7.34. The van der Waals surface area contributed by atoms with Crippen LogP contribution in [0.1, 0.15) is 56.2 Å². The van der Waals surface area contributed by atoms with E-state index in [9.17, 15) is 4.39 Å². The minimum absolute atomic E-state index is 0.0547. The number of benzene rings is 2. The molecular formula is C24H26F2O. The molecule has 0 bridgehead atoms. The average Bonchev–Trinajstić information content (AvgIpc) is 2.68. The van der Waals surface area contributed by atoms with Gasteiger partial charge in [-0.3, -0.25) is 0 Å². The van der Waals surface area contributed by atoms with Crippen molar-refractivity contribution >= 4 is 0 Å². The highest BCUT2D eigenvalue weighted by molar-refractivity contribution is 5.76. The molecule has 0 aliphatic carbocycles. The molecule has 0 aromatic heterocycles. The predicted molar refractivity (Wildman–Crippen MR) is 107 cm³/mol. The lowest BCUT2D eigenvalue weighted by Crippen LogP contribution is -2.12. The highest BCUT2D eigenvalue weighted by atomic mass is 19.1. The molecule has 0 N–H and O–H groups in total. The van der Waals surface area contributed by atoms with Crippen molar-refractivity contribution in [3.8, 4) is 16.9 Å². The zero-order valence-electron chi connectivity index (χ0n) is 16.2. The first-order valence-electron chi connectivity index (χ1n) is 9.46. The van der Waals surface area contributed by atoms with E-state index in [1.54, 1.807) is 6.07 Å². The van der Waals surface area contributed by atoms with Crippen LogP contribution in [0.15, 0.2) is 48.6 Å². The Labute approximate surface area is 160 Å². The number of halogens is 2. The molecule has 0 spiro atoms. The van der Waals surface area contributed by atoms with Gasteiger partial charge in [-0.1, -0.05) is 48.9 Å². The summed E-state index contributed by atoms with van der Waals surface area (Å²) >= 11 is 0. The summed E-state index contributed by atoms with van der Waals surface area (Å²) in [6.45, 7) is 9.71. The SMILES string of the molecule is C=CCCC(C)c1ccc2c(c1F)COc1c-2ccc(CC(C)=CC)c1F. The van der Waals surface area contributed by atoms with Crippen LogP contribution in [0.25, 0.3) is 11.1 Å². The topological polar surface area (TPSA) is 9.23 Å². The van der Waals surface area contributed by atoms with E-state index >= 15 is 4.39 Å². The van der Waals surface area contributed by atoms with Crippen LogP contribution in [0.4, 0.5) is 8.78 Å². The Balaban J connectivity index is 2.01. The van der Waals surface area contributed by atoms with Crippen molar-refractivity contribution in [3.05, 3.63) is 76.9 Å². The van der Waals surface area contributed by atoms with E-state index in [1.807, 2.05) is 51.1 Å². The second-order valence-electron chi connectivity index (χ2n) is 7.28. The highest BCUT2D eigenvalue weighted by Gasteiger charge is 2.26. The maximum Gasteiger partial charge on any atom is 0.169 e. The molecule has 1 heterocycles. The Morgan fingerprint density at radius 2 is 1.93 bits per heavy atom. The lowest BCUT2D eigenvalue weighted by atomic mass is 9.88. The van der Waals surface area contributed by atoms with Crippen LogP contribution in [0.5, 0.6) is 5.75 Å². The van der Waals surface area contributed by atoms with Gasteiger partial charge >= 0.3 is 0 Å². The normalized spacial score (nSPS) is 14.2. The van der Waals surface area contributed by atoms with Crippen LogP contribution in [0, 0.1) is 11.6 Å². The van der Waals surface area contributed by atoms with Gasteiger partial charge < -0.3 is 4.74 Å². The summed E-state index contributed by atoms with van der Waals surface area (Å²) in [6.07, 6.45) is 6.05. The first-order chi connectivity index (χ1) is 13.0. The van der Waals surface area contributed by atoms with Crippen molar-refractivity contribution in [2.24, 2.45) is 0 Å². The maximum atomic E-state index is 15.1. The fourth-order valence-electron chi connectivity index (χ4n) is 3.57. The first-order valence-corrected chi connectivity index (χ1v) is 9.46. The van der Waals surface area contributed by atoms with Gasteiger partial charge in [-0.25, -0.2) is 8.78 Å². The van der Waals surface area contributed by atoms with Crippen LogP contribution in [-0.4, -0.2) is 0 Å². The molecule has 3 heteroatoms. The van der Waals surface area contributed by atoms with Crippen molar-refractivity contribution in [2.45, 2.75) is 52.6 Å². The molecule has 142 valence electrons. The summed E-state index contributed by atoms with van der Waals surface area (Å²) in [5, 5.41) is 0. The fraction of sp³-hybridized carbons (Fsp3) is 0.333. The van der Waals surface area contributed by atoms with E-state index in [2.05, 4.69) is 6.58 Å². The number of fused-ring (bicyclic) bond motifs is 3. The third kappa shape index (κ3) is 3.69. The Morgan fingerprint density at radius 3 is 2.63 bits per heavy atom. The van der Waals surface area contributed by atoms with Gasteiger partial charge in [-0.05, 0) is 55.7 Å². The minimum atomic E-state index is -0.344. The summed E-state index contributed by atoms with van der Waals surface area (Å²) in [4.78, 5) is 0. The molecule has 3 rings (SSSR count). The standard InChI is InChI=1S/C24H26F2O/c1-5-7-8-16(4)18-11-12-19-20-10-9-17(13-15(3)6-2)22(25)24(20)27-14-21(19)23(18)26/h5-6,9-12,16H,1,7-8,13-14H2,2-4H3. The molecule has 0 radical (unpaired) electrons. The molecule has 2 aromatic carbocycles. The number of hydrogen-bond donors (Lipinski definition) is 0. The molecule has 1 atom stereocenters. The van der Waals surface area contributed by atoms with E-state index < -0.39 is 0 Å². The van der Waals surface area contributed by atoms with Crippen LogP contribution < -0.4 is 4.74 Å². The fourth-order valence-corrected chi connectivity index (χ4v) is 3.57. The monoisotopic (exact) mass is 368 g/mol. The molecule has 1 unspecified atom stereocenters. The molecule has 0 amide bonds. The summed E-state index contributed by atoms with van der Waals surface area (Å²) in [7, 11) is 0. The van der Waals surface area contributed by atoms with Crippen molar-refractivity contribution in [1.82, 2.24) is 0 Å². The van der Waals surface area contributed by atoms with Gasteiger partial charge in [0.1, 0.15) is 12.4 Å². The van der Waals surface area contributed by atoms with Crippen molar-refractivity contribution < 1.29 is 13.5 Å². The molecular weight excluding hydrogens is 342 g/mol. The lowest BCUT2D eigenvalue weighted by molar-refractivity contribution is 0.279. The number of rotatable bonds is 6. The number of allylic oxidation sites excluding steroid dienone is 3. The van der Waals surface area contributed by atoms with Crippen LogP contribution >= 0.6 is 0 Å². The Kier molecular flexibility index (Phi) is 5.79. The highest BCUT2D eigenvalue weighted by Crippen LogP contribution is 2.43. The lowest BCUT2D eigenvalue weighted by Gasteiger charge is -2.25. The molecule has 1 nitrogen and oxygen atoms in total. The van der Waals surface area contributed by atoms with Crippen LogP contribution in [0.3, 0.4) is 0 Å². The molecule has 0 fully saturated rings. The number of ether oxygens (including phenoxy) is 1. The molecule has 1 aliphatic heterocycles. The Bertz CT molecular complexity index is 896. The second-order valence-corrected chi connectivity index (χ2v) is 7.28. The maximum absolute atomic E-state index is 15.1. The quantitative estimate of drug-likeness (QED) is 0.494. The van der Waals surface area contributed by atoms with Crippen molar-refractivity contribution in [2.75, 3.05) is 0 Å². The van der Waals surface area contributed by atoms with Gasteiger partial charge in [-0.2, -0.15) is 0 Å². The van der Waals surface area contributed by atoms with Gasteiger partial charge in [0, 0.05) is 11.1 Å². The zero-order valence-corrected chi connectivity index (χ0v) is 16.2. The summed E-state index contributed by atoms with van der Waals surface area (Å²) in [5.41, 5.74) is 4.24. The van der Waals surface area contributed by atoms with E-state index in [1.165, 1.54) is 0 Å². The largest absolute Gasteiger partial charge is 0.485 e. The molecule has 0 saturated heterocycles. The molecule has 0 saturated carbocycles. The van der Waals surface area contributed by atoms with E-state index in [0.29, 0.717) is 28.7 Å². The molecule has 1 aliphatic rings. The van der Waals surface area contributed by atoms with Gasteiger partial charge in [-0.15, -0.1) is 6.58 Å². The van der Waals surface area contributed by atoms with Gasteiger partial charge in [0.05, 0.1) is 0 Å². The third-order valence-corrected chi connectivity index (χ3v) is 5.40. The number of hydrogen-bond acceptors (Lipinski definition) is 1. The third-order valence-electron chi connectivity index (χ3n) is 5.40. The minimum Gasteiger partial charge on any atom is -0.485 e. The average molecular weight is 368 g/mol. The van der Waals surface area contributed by atoms with Gasteiger partial charge in [0.15, 0.2) is 11.6 Å². The summed E-state index contributed by atoms with van der Waals surface area (Å²) < 4.78 is 35.7. The zero-order chi connectivity index (χ0) is 19.6.